The average Bonchev–Trinajstić information content (AvgIpc) is 2.27. The van der Waals surface area contributed by atoms with Gasteiger partial charge in [-0.15, -0.1) is 0 Å². The molecule has 0 spiro atoms. The number of sulfonamides is 1. The minimum Gasteiger partial charge on any atom is -0.495 e. The van der Waals surface area contributed by atoms with Crippen LogP contribution in [0.1, 0.15) is 27.2 Å². The fraction of sp³-hybridized carbons (Fsp3) is 0.538. The van der Waals surface area contributed by atoms with Gasteiger partial charge in [0.05, 0.1) is 7.11 Å². The first-order valence-corrected chi connectivity index (χ1v) is 8.26. The Labute approximate surface area is 123 Å². The summed E-state index contributed by atoms with van der Waals surface area (Å²) in [5.41, 5.74) is 0.0872. The van der Waals surface area contributed by atoms with Gasteiger partial charge in [0.1, 0.15) is 10.6 Å². The topological polar surface area (TPSA) is 55.4 Å². The third-order valence-electron chi connectivity index (χ3n) is 2.58. The van der Waals surface area contributed by atoms with Crippen LogP contribution in [0, 0.1) is 5.41 Å². The van der Waals surface area contributed by atoms with Crippen molar-refractivity contribution in [2.75, 3.05) is 13.7 Å². The highest BCUT2D eigenvalue weighted by molar-refractivity contribution is 9.10. The van der Waals surface area contributed by atoms with Crippen molar-refractivity contribution in [3.8, 4) is 5.75 Å². The van der Waals surface area contributed by atoms with E-state index < -0.39 is 10.0 Å². The molecule has 0 aliphatic carbocycles. The lowest BCUT2D eigenvalue weighted by Crippen LogP contribution is -2.27. The Bertz CT molecular complexity index is 535. The van der Waals surface area contributed by atoms with Crippen LogP contribution in [-0.2, 0) is 10.0 Å². The van der Waals surface area contributed by atoms with E-state index in [2.05, 4.69) is 41.4 Å². The van der Waals surface area contributed by atoms with Crippen molar-refractivity contribution >= 4 is 26.0 Å². The number of ether oxygens (including phenoxy) is 1. The van der Waals surface area contributed by atoms with Crippen molar-refractivity contribution in [2.45, 2.75) is 32.1 Å². The van der Waals surface area contributed by atoms with Gasteiger partial charge in [-0.2, -0.15) is 0 Å². The van der Waals surface area contributed by atoms with E-state index in [0.29, 0.717) is 16.8 Å². The van der Waals surface area contributed by atoms with Crippen LogP contribution >= 0.6 is 15.9 Å². The van der Waals surface area contributed by atoms with Crippen LogP contribution in [0.5, 0.6) is 5.75 Å². The van der Waals surface area contributed by atoms with Gasteiger partial charge in [0, 0.05) is 11.0 Å². The molecule has 0 aliphatic rings. The molecule has 0 atom stereocenters. The summed E-state index contributed by atoms with van der Waals surface area (Å²) in [6, 6.07) is 4.91. The van der Waals surface area contributed by atoms with Crippen LogP contribution in [0.2, 0.25) is 0 Å². The SMILES string of the molecule is COc1ccc(Br)cc1S(=O)(=O)NCCC(C)(C)C. The molecule has 0 bridgehead atoms. The molecule has 108 valence electrons. The highest BCUT2D eigenvalue weighted by Crippen LogP contribution is 2.27. The summed E-state index contributed by atoms with van der Waals surface area (Å²) in [6.07, 6.45) is 0.766. The molecule has 0 heterocycles. The van der Waals surface area contributed by atoms with Gasteiger partial charge < -0.3 is 4.74 Å². The number of hydrogen-bond acceptors (Lipinski definition) is 3. The van der Waals surface area contributed by atoms with Crippen molar-refractivity contribution < 1.29 is 13.2 Å². The van der Waals surface area contributed by atoms with Crippen molar-refractivity contribution in [2.24, 2.45) is 5.41 Å². The molecule has 0 amide bonds. The van der Waals surface area contributed by atoms with Crippen LogP contribution in [-0.4, -0.2) is 22.1 Å². The van der Waals surface area contributed by atoms with Gasteiger partial charge in [-0.25, -0.2) is 13.1 Å². The van der Waals surface area contributed by atoms with Crippen LogP contribution in [0.25, 0.3) is 0 Å². The Hall–Kier alpha value is -0.590. The van der Waals surface area contributed by atoms with E-state index in [4.69, 9.17) is 4.74 Å². The molecule has 0 aromatic heterocycles. The van der Waals surface area contributed by atoms with E-state index in [0.717, 1.165) is 6.42 Å². The lowest BCUT2D eigenvalue weighted by Gasteiger charge is -2.18. The normalized spacial score (nSPS) is 12.5. The molecule has 1 aromatic rings. The molecule has 19 heavy (non-hydrogen) atoms. The van der Waals surface area contributed by atoms with E-state index in [1.54, 1.807) is 12.1 Å². The molecule has 0 radical (unpaired) electrons. The standard InChI is InChI=1S/C13H20BrNO3S/c1-13(2,3)7-8-15-19(16,17)12-9-10(14)5-6-11(12)18-4/h5-6,9,15H,7-8H2,1-4H3. The summed E-state index contributed by atoms with van der Waals surface area (Å²) < 4.78 is 32.9. The lowest BCUT2D eigenvalue weighted by atomic mass is 9.93. The first-order chi connectivity index (χ1) is 8.65. The van der Waals surface area contributed by atoms with Crippen LogP contribution in [0.3, 0.4) is 0 Å². The summed E-state index contributed by atoms with van der Waals surface area (Å²) in [4.78, 5) is 0.151. The Morgan fingerprint density at radius 1 is 1.32 bits per heavy atom. The fourth-order valence-corrected chi connectivity index (χ4v) is 3.24. The van der Waals surface area contributed by atoms with Gasteiger partial charge in [-0.05, 0) is 30.0 Å². The molecule has 0 aliphatic heterocycles. The molecular formula is C13H20BrNO3S. The third-order valence-corrected chi connectivity index (χ3v) is 4.56. The monoisotopic (exact) mass is 349 g/mol. The quantitative estimate of drug-likeness (QED) is 0.887. The smallest absolute Gasteiger partial charge is 0.244 e. The highest BCUT2D eigenvalue weighted by Gasteiger charge is 2.20. The van der Waals surface area contributed by atoms with E-state index in [9.17, 15) is 8.42 Å². The first kappa shape index (κ1) is 16.5. The molecule has 1 rings (SSSR count). The van der Waals surface area contributed by atoms with E-state index in [-0.39, 0.29) is 10.3 Å². The number of halogens is 1. The van der Waals surface area contributed by atoms with Crippen molar-refractivity contribution in [3.05, 3.63) is 22.7 Å². The first-order valence-electron chi connectivity index (χ1n) is 5.99. The molecule has 4 nitrogen and oxygen atoms in total. The Morgan fingerprint density at radius 2 is 1.95 bits per heavy atom. The molecule has 0 unspecified atom stereocenters. The van der Waals surface area contributed by atoms with Crippen molar-refractivity contribution in [1.82, 2.24) is 4.72 Å². The van der Waals surface area contributed by atoms with Gasteiger partial charge in [0.15, 0.2) is 0 Å². The van der Waals surface area contributed by atoms with Crippen LogP contribution in [0.4, 0.5) is 0 Å². The lowest BCUT2D eigenvalue weighted by molar-refractivity contribution is 0.377. The second-order valence-corrected chi connectivity index (χ2v) is 8.15. The third kappa shape index (κ3) is 5.12. The summed E-state index contributed by atoms with van der Waals surface area (Å²) in [5.74, 6) is 0.339. The minimum atomic E-state index is -3.55. The summed E-state index contributed by atoms with van der Waals surface area (Å²) in [5, 5.41) is 0. The molecule has 1 N–H and O–H groups in total. The molecular weight excluding hydrogens is 330 g/mol. The van der Waals surface area contributed by atoms with Crippen LogP contribution in [0.15, 0.2) is 27.6 Å². The van der Waals surface area contributed by atoms with Gasteiger partial charge in [-0.1, -0.05) is 36.7 Å². The number of rotatable bonds is 5. The maximum absolute atomic E-state index is 12.2. The highest BCUT2D eigenvalue weighted by atomic mass is 79.9. The van der Waals surface area contributed by atoms with E-state index in [1.807, 2.05) is 0 Å². The Morgan fingerprint density at radius 3 is 2.47 bits per heavy atom. The maximum Gasteiger partial charge on any atom is 0.244 e. The number of nitrogens with one attached hydrogen (secondary N) is 1. The predicted octanol–water partition coefficient (Wildman–Crippen LogP) is 3.17. The Balaban J connectivity index is 2.91. The zero-order chi connectivity index (χ0) is 14.7. The average molecular weight is 350 g/mol. The fourth-order valence-electron chi connectivity index (χ4n) is 1.50. The molecule has 6 heteroatoms. The summed E-state index contributed by atoms with van der Waals surface area (Å²) >= 11 is 3.27. The van der Waals surface area contributed by atoms with Gasteiger partial charge in [0.25, 0.3) is 0 Å². The number of hydrogen-bond donors (Lipinski definition) is 1. The van der Waals surface area contributed by atoms with E-state index in [1.165, 1.54) is 13.2 Å². The zero-order valence-corrected chi connectivity index (χ0v) is 14.1. The van der Waals surface area contributed by atoms with Gasteiger partial charge in [-0.3, -0.25) is 0 Å². The number of benzene rings is 1. The molecule has 0 saturated carbocycles. The van der Waals surface area contributed by atoms with E-state index >= 15 is 0 Å². The second-order valence-electron chi connectivity index (χ2n) is 5.50. The van der Waals surface area contributed by atoms with Gasteiger partial charge in [0.2, 0.25) is 10.0 Å². The van der Waals surface area contributed by atoms with Crippen molar-refractivity contribution in [1.29, 1.82) is 0 Å². The van der Waals surface area contributed by atoms with Crippen molar-refractivity contribution in [3.63, 3.8) is 0 Å². The molecule has 0 fully saturated rings. The molecule has 0 saturated heterocycles. The largest absolute Gasteiger partial charge is 0.495 e. The summed E-state index contributed by atoms with van der Waals surface area (Å²) in [6.45, 7) is 6.62. The van der Waals surface area contributed by atoms with Gasteiger partial charge >= 0.3 is 0 Å². The maximum atomic E-state index is 12.2. The minimum absolute atomic E-state index is 0.0872. The molecule has 1 aromatic carbocycles. The zero-order valence-electron chi connectivity index (χ0n) is 11.7. The predicted molar refractivity (Wildman–Crippen MR) is 80.0 cm³/mol. The summed E-state index contributed by atoms with van der Waals surface area (Å²) in [7, 11) is -2.10. The second kappa shape index (κ2) is 6.24. The number of methoxy groups -OCH3 is 1. The van der Waals surface area contributed by atoms with Crippen LogP contribution < -0.4 is 9.46 Å². The Kier molecular flexibility index (Phi) is 5.41.